The van der Waals surface area contributed by atoms with Gasteiger partial charge in [0.2, 0.25) is 10.0 Å². The molecule has 0 radical (unpaired) electrons. The Hall–Kier alpha value is -3.20. The Balaban J connectivity index is 1.30. The highest BCUT2D eigenvalue weighted by Crippen LogP contribution is 2.33. The SMILES string of the molecule is COc1ccccc1-c1ccc2oc(CN3CCCN(S(=O)(=O)c4cccc(F)c4)CC3)cc2c1. The minimum absolute atomic E-state index is 0.00548. The van der Waals surface area contributed by atoms with Crippen LogP contribution in [0.15, 0.2) is 82.1 Å². The Labute approximate surface area is 204 Å². The molecule has 1 saturated heterocycles. The standard InChI is InChI=1S/C27H27FN2O4S/c1-33-27-9-3-2-8-25(27)20-10-11-26-21(16-20)17-23(34-26)19-29-12-5-13-30(15-14-29)35(31,32)24-7-4-6-22(28)18-24/h2-4,6-11,16-18H,5,12-15,19H2,1H3. The Morgan fingerprint density at radius 1 is 0.943 bits per heavy atom. The molecule has 5 rings (SSSR count). The molecule has 0 amide bonds. The van der Waals surface area contributed by atoms with Gasteiger partial charge in [0.1, 0.15) is 22.9 Å². The van der Waals surface area contributed by atoms with E-state index in [9.17, 15) is 12.8 Å². The van der Waals surface area contributed by atoms with Crippen LogP contribution in [0.1, 0.15) is 12.2 Å². The van der Waals surface area contributed by atoms with Crippen molar-refractivity contribution >= 4 is 21.0 Å². The van der Waals surface area contributed by atoms with Crippen molar-refractivity contribution in [3.63, 3.8) is 0 Å². The first-order valence-corrected chi connectivity index (χ1v) is 13.0. The van der Waals surface area contributed by atoms with Crippen molar-refractivity contribution in [1.29, 1.82) is 0 Å². The van der Waals surface area contributed by atoms with Crippen molar-refractivity contribution in [2.24, 2.45) is 0 Å². The van der Waals surface area contributed by atoms with E-state index in [1.165, 1.54) is 22.5 Å². The summed E-state index contributed by atoms with van der Waals surface area (Å²) in [7, 11) is -2.06. The van der Waals surface area contributed by atoms with Gasteiger partial charge in [0.05, 0.1) is 18.6 Å². The molecular formula is C27H27FN2O4S. The average Bonchev–Trinajstić information content (AvgIpc) is 3.11. The van der Waals surface area contributed by atoms with Crippen molar-refractivity contribution in [3.05, 3.63) is 84.4 Å². The molecule has 0 aliphatic carbocycles. The van der Waals surface area contributed by atoms with Crippen molar-refractivity contribution in [2.75, 3.05) is 33.3 Å². The monoisotopic (exact) mass is 494 g/mol. The van der Waals surface area contributed by atoms with E-state index in [1.54, 1.807) is 7.11 Å². The van der Waals surface area contributed by atoms with Gasteiger partial charge >= 0.3 is 0 Å². The van der Waals surface area contributed by atoms with E-state index in [0.717, 1.165) is 46.2 Å². The van der Waals surface area contributed by atoms with Crippen LogP contribution in [-0.2, 0) is 16.6 Å². The highest BCUT2D eigenvalue weighted by Gasteiger charge is 2.27. The molecule has 182 valence electrons. The normalized spacial score (nSPS) is 15.8. The van der Waals surface area contributed by atoms with Crippen LogP contribution in [0.2, 0.25) is 0 Å². The molecule has 0 bridgehead atoms. The molecule has 0 saturated carbocycles. The van der Waals surface area contributed by atoms with E-state index >= 15 is 0 Å². The fourth-order valence-electron chi connectivity index (χ4n) is 4.57. The topological polar surface area (TPSA) is 63.0 Å². The molecule has 6 nitrogen and oxygen atoms in total. The van der Waals surface area contributed by atoms with Gasteiger partial charge < -0.3 is 9.15 Å². The van der Waals surface area contributed by atoms with Crippen LogP contribution in [0.25, 0.3) is 22.1 Å². The van der Waals surface area contributed by atoms with Crippen molar-refractivity contribution < 1.29 is 22.0 Å². The van der Waals surface area contributed by atoms with Gasteiger partial charge in [0.25, 0.3) is 0 Å². The number of fused-ring (bicyclic) bond motifs is 1. The third-order valence-corrected chi connectivity index (χ3v) is 8.24. The maximum Gasteiger partial charge on any atom is 0.243 e. The molecule has 0 atom stereocenters. The number of furan rings is 1. The number of halogens is 1. The van der Waals surface area contributed by atoms with Crippen molar-refractivity contribution in [3.8, 4) is 16.9 Å². The number of para-hydroxylation sites is 1. The molecule has 1 aliphatic heterocycles. The zero-order valence-electron chi connectivity index (χ0n) is 19.5. The van der Waals surface area contributed by atoms with Crippen molar-refractivity contribution in [2.45, 2.75) is 17.9 Å². The molecular weight excluding hydrogens is 467 g/mol. The van der Waals surface area contributed by atoms with Crippen LogP contribution in [0, 0.1) is 5.82 Å². The molecule has 0 N–H and O–H groups in total. The summed E-state index contributed by atoms with van der Waals surface area (Å²) in [5, 5.41) is 1.01. The highest BCUT2D eigenvalue weighted by atomic mass is 32.2. The Morgan fingerprint density at radius 2 is 1.80 bits per heavy atom. The van der Waals surface area contributed by atoms with Gasteiger partial charge in [-0.05, 0) is 61.0 Å². The van der Waals surface area contributed by atoms with Crippen LogP contribution >= 0.6 is 0 Å². The molecule has 1 aliphatic rings. The molecule has 4 aromatic rings. The largest absolute Gasteiger partial charge is 0.496 e. The first kappa shape index (κ1) is 23.5. The number of ether oxygens (including phenoxy) is 1. The smallest absolute Gasteiger partial charge is 0.243 e. The molecule has 0 unspecified atom stereocenters. The zero-order chi connectivity index (χ0) is 24.4. The van der Waals surface area contributed by atoms with Gasteiger partial charge in [-0.15, -0.1) is 0 Å². The van der Waals surface area contributed by atoms with Gasteiger partial charge in [-0.1, -0.05) is 30.3 Å². The Bertz CT molecular complexity index is 1450. The summed E-state index contributed by atoms with van der Waals surface area (Å²) in [6.07, 6.45) is 0.687. The highest BCUT2D eigenvalue weighted by molar-refractivity contribution is 7.89. The maximum atomic E-state index is 13.6. The summed E-state index contributed by atoms with van der Waals surface area (Å²) >= 11 is 0. The summed E-state index contributed by atoms with van der Waals surface area (Å²) in [5.74, 6) is 1.10. The first-order valence-electron chi connectivity index (χ1n) is 11.6. The average molecular weight is 495 g/mol. The van der Waals surface area contributed by atoms with E-state index in [2.05, 4.69) is 11.0 Å². The van der Waals surface area contributed by atoms with Gasteiger partial charge in [-0.3, -0.25) is 4.90 Å². The molecule has 0 spiro atoms. The lowest BCUT2D eigenvalue weighted by atomic mass is 10.0. The lowest BCUT2D eigenvalue weighted by Crippen LogP contribution is -2.35. The number of nitrogens with zero attached hydrogens (tertiary/aromatic N) is 2. The van der Waals surface area contributed by atoms with Crippen LogP contribution in [0.4, 0.5) is 4.39 Å². The Morgan fingerprint density at radius 3 is 2.63 bits per heavy atom. The molecule has 1 fully saturated rings. The number of methoxy groups -OCH3 is 1. The van der Waals surface area contributed by atoms with Crippen molar-refractivity contribution in [1.82, 2.24) is 9.21 Å². The second kappa shape index (κ2) is 9.81. The molecule has 2 heterocycles. The summed E-state index contributed by atoms with van der Waals surface area (Å²) in [5.41, 5.74) is 2.88. The van der Waals surface area contributed by atoms with E-state index in [1.807, 2.05) is 42.5 Å². The quantitative estimate of drug-likeness (QED) is 0.371. The van der Waals surface area contributed by atoms with Crippen LogP contribution < -0.4 is 4.74 Å². The van der Waals surface area contributed by atoms with E-state index in [0.29, 0.717) is 32.6 Å². The predicted molar refractivity (Wildman–Crippen MR) is 133 cm³/mol. The van der Waals surface area contributed by atoms with E-state index in [4.69, 9.17) is 9.15 Å². The van der Waals surface area contributed by atoms with Gasteiger partial charge in [0.15, 0.2) is 0 Å². The number of hydrogen-bond acceptors (Lipinski definition) is 5. The zero-order valence-corrected chi connectivity index (χ0v) is 20.3. The number of rotatable bonds is 6. The third-order valence-electron chi connectivity index (χ3n) is 6.35. The minimum Gasteiger partial charge on any atom is -0.496 e. The second-order valence-electron chi connectivity index (χ2n) is 8.66. The lowest BCUT2D eigenvalue weighted by Gasteiger charge is -2.21. The maximum absolute atomic E-state index is 13.6. The van der Waals surface area contributed by atoms with Gasteiger partial charge in [-0.2, -0.15) is 4.31 Å². The number of sulfonamides is 1. The summed E-state index contributed by atoms with van der Waals surface area (Å²) in [6, 6.07) is 21.2. The number of benzene rings is 3. The molecule has 3 aromatic carbocycles. The summed E-state index contributed by atoms with van der Waals surface area (Å²) in [4.78, 5) is 2.19. The lowest BCUT2D eigenvalue weighted by molar-refractivity contribution is 0.258. The van der Waals surface area contributed by atoms with Crippen LogP contribution in [0.3, 0.4) is 0 Å². The number of hydrogen-bond donors (Lipinski definition) is 0. The van der Waals surface area contributed by atoms with E-state index < -0.39 is 15.8 Å². The third kappa shape index (κ3) is 4.96. The first-order chi connectivity index (χ1) is 16.9. The van der Waals surface area contributed by atoms with Gasteiger partial charge in [0, 0.05) is 30.6 Å². The fourth-order valence-corrected chi connectivity index (χ4v) is 6.07. The minimum atomic E-state index is -3.73. The van der Waals surface area contributed by atoms with E-state index in [-0.39, 0.29) is 4.90 Å². The summed E-state index contributed by atoms with van der Waals surface area (Å²) in [6.45, 7) is 2.65. The summed E-state index contributed by atoms with van der Waals surface area (Å²) < 4.78 is 52.6. The van der Waals surface area contributed by atoms with Crippen LogP contribution in [-0.4, -0.2) is 50.9 Å². The predicted octanol–water partition coefficient (Wildman–Crippen LogP) is 5.14. The Kier molecular flexibility index (Phi) is 6.60. The second-order valence-corrected chi connectivity index (χ2v) is 10.6. The molecule has 8 heteroatoms. The molecule has 1 aromatic heterocycles. The fraction of sp³-hybridized carbons (Fsp3) is 0.259. The van der Waals surface area contributed by atoms with Gasteiger partial charge in [-0.25, -0.2) is 12.8 Å². The van der Waals surface area contributed by atoms with Crippen LogP contribution in [0.5, 0.6) is 5.75 Å². The molecule has 35 heavy (non-hydrogen) atoms.